The molecular formula is C17H16N2O2S. The van der Waals surface area contributed by atoms with E-state index in [0.717, 1.165) is 15.6 Å². The Bertz CT molecular complexity index is 826. The van der Waals surface area contributed by atoms with Crippen LogP contribution in [0.2, 0.25) is 0 Å². The number of aromatic nitrogens is 1. The van der Waals surface area contributed by atoms with E-state index in [1.807, 2.05) is 50.2 Å². The molecule has 0 fully saturated rings. The molecule has 5 heteroatoms. The van der Waals surface area contributed by atoms with E-state index in [2.05, 4.69) is 10.3 Å². The smallest absolute Gasteiger partial charge is 0.261 e. The predicted molar refractivity (Wildman–Crippen MR) is 89.9 cm³/mol. The molecular weight excluding hydrogens is 296 g/mol. The number of anilines is 1. The summed E-state index contributed by atoms with van der Waals surface area (Å²) in [6, 6.07) is 11.7. The molecule has 3 aromatic rings. The molecule has 0 aliphatic carbocycles. The third-order valence-corrected chi connectivity index (χ3v) is 4.06. The number of thiazole rings is 1. The summed E-state index contributed by atoms with van der Waals surface area (Å²) in [5, 5.41) is 5.48. The molecule has 0 unspecified atom stereocenters. The van der Waals surface area contributed by atoms with Gasteiger partial charge in [0.05, 0.1) is 12.2 Å². The molecule has 4 nitrogen and oxygen atoms in total. The van der Waals surface area contributed by atoms with E-state index in [-0.39, 0.29) is 5.91 Å². The van der Waals surface area contributed by atoms with E-state index < -0.39 is 0 Å². The first kappa shape index (κ1) is 14.5. The summed E-state index contributed by atoms with van der Waals surface area (Å²) in [5.41, 5.74) is 0.522. The van der Waals surface area contributed by atoms with Crippen LogP contribution in [0.25, 0.3) is 10.8 Å². The van der Waals surface area contributed by atoms with Crippen LogP contribution in [0.3, 0.4) is 0 Å². The molecule has 0 spiro atoms. The van der Waals surface area contributed by atoms with E-state index in [1.54, 1.807) is 6.20 Å². The second-order valence-corrected chi connectivity index (χ2v) is 6.09. The van der Waals surface area contributed by atoms with E-state index in [9.17, 15) is 4.79 Å². The fourth-order valence-corrected chi connectivity index (χ4v) is 2.91. The molecule has 112 valence electrons. The molecule has 0 aliphatic rings. The standard InChI is InChI=1S/C17H16N2O2S/c1-3-21-15-9-13-7-5-4-6-12(13)8-14(15)16(20)19-17-18-10-11(2)22-17/h4-10H,3H2,1-2H3,(H,18,19,20). The van der Waals surface area contributed by atoms with E-state index in [0.29, 0.717) is 23.1 Å². The molecule has 2 aromatic carbocycles. The van der Waals surface area contributed by atoms with Crippen LogP contribution in [0.5, 0.6) is 5.75 Å². The van der Waals surface area contributed by atoms with Gasteiger partial charge in [-0.3, -0.25) is 10.1 Å². The van der Waals surface area contributed by atoms with Gasteiger partial charge in [0, 0.05) is 11.1 Å². The Hall–Kier alpha value is -2.40. The van der Waals surface area contributed by atoms with Gasteiger partial charge in [0.2, 0.25) is 0 Å². The number of fused-ring (bicyclic) bond motifs is 1. The minimum atomic E-state index is -0.205. The largest absolute Gasteiger partial charge is 0.493 e. The van der Waals surface area contributed by atoms with Crippen molar-refractivity contribution in [3.8, 4) is 5.75 Å². The first-order valence-electron chi connectivity index (χ1n) is 7.06. The molecule has 0 bridgehead atoms. The van der Waals surface area contributed by atoms with Crippen LogP contribution >= 0.6 is 11.3 Å². The molecule has 1 aromatic heterocycles. The highest BCUT2D eigenvalue weighted by molar-refractivity contribution is 7.15. The second kappa shape index (κ2) is 6.15. The monoisotopic (exact) mass is 312 g/mol. The zero-order valence-corrected chi connectivity index (χ0v) is 13.2. The normalized spacial score (nSPS) is 10.6. The molecule has 0 saturated heterocycles. The molecule has 0 atom stereocenters. The number of nitrogens with one attached hydrogen (secondary N) is 1. The Morgan fingerprint density at radius 1 is 1.27 bits per heavy atom. The average Bonchev–Trinajstić information content (AvgIpc) is 2.92. The fourth-order valence-electron chi connectivity index (χ4n) is 2.25. The number of hydrogen-bond donors (Lipinski definition) is 1. The van der Waals surface area contributed by atoms with Gasteiger partial charge in [-0.15, -0.1) is 11.3 Å². The predicted octanol–water partition coefficient (Wildman–Crippen LogP) is 4.26. The summed E-state index contributed by atoms with van der Waals surface area (Å²) in [6.07, 6.45) is 1.74. The highest BCUT2D eigenvalue weighted by Gasteiger charge is 2.15. The average molecular weight is 312 g/mol. The molecule has 3 rings (SSSR count). The first-order valence-corrected chi connectivity index (χ1v) is 7.88. The number of benzene rings is 2. The maximum atomic E-state index is 12.5. The van der Waals surface area contributed by atoms with Crippen molar-refractivity contribution in [2.24, 2.45) is 0 Å². The number of hydrogen-bond acceptors (Lipinski definition) is 4. The quantitative estimate of drug-likeness (QED) is 0.783. The van der Waals surface area contributed by atoms with Crippen LogP contribution in [0.15, 0.2) is 42.6 Å². The minimum absolute atomic E-state index is 0.205. The minimum Gasteiger partial charge on any atom is -0.493 e. The van der Waals surface area contributed by atoms with Gasteiger partial charge in [0.15, 0.2) is 5.13 Å². The summed E-state index contributed by atoms with van der Waals surface area (Å²) in [5.74, 6) is 0.385. The number of ether oxygens (including phenoxy) is 1. The van der Waals surface area contributed by atoms with Crippen molar-refractivity contribution in [2.75, 3.05) is 11.9 Å². The van der Waals surface area contributed by atoms with Crippen molar-refractivity contribution in [1.29, 1.82) is 0 Å². The molecule has 0 aliphatic heterocycles. The van der Waals surface area contributed by atoms with Gasteiger partial charge in [0.1, 0.15) is 5.75 Å². The number of aryl methyl sites for hydroxylation is 1. The van der Waals surface area contributed by atoms with Gasteiger partial charge < -0.3 is 4.74 Å². The zero-order chi connectivity index (χ0) is 15.5. The van der Waals surface area contributed by atoms with Crippen molar-refractivity contribution < 1.29 is 9.53 Å². The summed E-state index contributed by atoms with van der Waals surface area (Å²) >= 11 is 1.45. The number of carbonyl (C=O) groups excluding carboxylic acids is 1. The highest BCUT2D eigenvalue weighted by Crippen LogP contribution is 2.27. The Labute approximate surface area is 132 Å². The van der Waals surface area contributed by atoms with Crippen LogP contribution < -0.4 is 10.1 Å². The van der Waals surface area contributed by atoms with Crippen molar-refractivity contribution in [2.45, 2.75) is 13.8 Å². The number of nitrogens with zero attached hydrogens (tertiary/aromatic N) is 1. The number of rotatable bonds is 4. The molecule has 22 heavy (non-hydrogen) atoms. The lowest BCUT2D eigenvalue weighted by atomic mass is 10.1. The molecule has 1 heterocycles. The van der Waals surface area contributed by atoms with Gasteiger partial charge in [-0.2, -0.15) is 0 Å². The lowest BCUT2D eigenvalue weighted by Gasteiger charge is -2.11. The number of amides is 1. The Kier molecular flexibility index (Phi) is 4.06. The van der Waals surface area contributed by atoms with E-state index >= 15 is 0 Å². The van der Waals surface area contributed by atoms with Gasteiger partial charge in [-0.1, -0.05) is 24.3 Å². The lowest BCUT2D eigenvalue weighted by molar-refractivity contribution is 0.102. The van der Waals surface area contributed by atoms with Crippen LogP contribution in [-0.2, 0) is 0 Å². The molecule has 1 amide bonds. The molecule has 0 saturated carbocycles. The third kappa shape index (κ3) is 2.94. The van der Waals surface area contributed by atoms with Crippen molar-refractivity contribution >= 4 is 33.1 Å². The van der Waals surface area contributed by atoms with Crippen molar-refractivity contribution in [1.82, 2.24) is 4.98 Å². The first-order chi connectivity index (χ1) is 10.7. The van der Waals surface area contributed by atoms with Gasteiger partial charge in [-0.05, 0) is 36.8 Å². The summed E-state index contributed by atoms with van der Waals surface area (Å²) in [7, 11) is 0. The van der Waals surface area contributed by atoms with Crippen LogP contribution in [0, 0.1) is 6.92 Å². The summed E-state index contributed by atoms with van der Waals surface area (Å²) in [4.78, 5) is 17.8. The highest BCUT2D eigenvalue weighted by atomic mass is 32.1. The number of carbonyl (C=O) groups is 1. The Morgan fingerprint density at radius 3 is 2.64 bits per heavy atom. The fraction of sp³-hybridized carbons (Fsp3) is 0.176. The third-order valence-electron chi connectivity index (χ3n) is 3.23. The lowest BCUT2D eigenvalue weighted by Crippen LogP contribution is -2.13. The topological polar surface area (TPSA) is 51.2 Å². The molecule has 0 radical (unpaired) electrons. The maximum Gasteiger partial charge on any atom is 0.261 e. The summed E-state index contributed by atoms with van der Waals surface area (Å²) < 4.78 is 5.63. The van der Waals surface area contributed by atoms with Crippen molar-refractivity contribution in [3.63, 3.8) is 0 Å². The van der Waals surface area contributed by atoms with E-state index in [1.165, 1.54) is 11.3 Å². The van der Waals surface area contributed by atoms with E-state index in [4.69, 9.17) is 4.74 Å². The second-order valence-electron chi connectivity index (χ2n) is 4.86. The SMILES string of the molecule is CCOc1cc2ccccc2cc1C(=O)Nc1ncc(C)s1. The maximum absolute atomic E-state index is 12.5. The van der Waals surface area contributed by atoms with Crippen LogP contribution in [-0.4, -0.2) is 17.5 Å². The van der Waals surface area contributed by atoms with Gasteiger partial charge in [-0.25, -0.2) is 4.98 Å². The molecule has 1 N–H and O–H groups in total. The van der Waals surface area contributed by atoms with Gasteiger partial charge in [0.25, 0.3) is 5.91 Å². The van der Waals surface area contributed by atoms with Crippen molar-refractivity contribution in [3.05, 3.63) is 53.0 Å². The van der Waals surface area contributed by atoms with Gasteiger partial charge >= 0.3 is 0 Å². The Balaban J connectivity index is 1.99. The summed E-state index contributed by atoms with van der Waals surface area (Å²) in [6.45, 7) is 4.37. The van der Waals surface area contributed by atoms with Crippen LogP contribution in [0.1, 0.15) is 22.2 Å². The Morgan fingerprint density at radius 2 is 2.00 bits per heavy atom. The zero-order valence-electron chi connectivity index (χ0n) is 12.4. The van der Waals surface area contributed by atoms with Crippen LogP contribution in [0.4, 0.5) is 5.13 Å².